The number of carboxylic acids is 1. The van der Waals surface area contributed by atoms with Crippen molar-refractivity contribution in [3.05, 3.63) is 34.2 Å². The first-order chi connectivity index (χ1) is 14.5. The highest BCUT2D eigenvalue weighted by atomic mass is 32.2. The number of β-lactam (4-membered cyclic amide) rings is 1. The number of amides is 3. The monoisotopic (exact) mass is 467 g/mol. The minimum absolute atomic E-state index is 0.0604. The Hall–Kier alpha value is -2.53. The fourth-order valence-corrected chi connectivity index (χ4v) is 5.41. The van der Waals surface area contributed by atoms with E-state index in [-0.39, 0.29) is 17.4 Å². The molecule has 1 aromatic heterocycles. The SMILES string of the molecule is CC1C=C(C(=O)O)N2C(=O)C(NC(=O)CC(NC(=O)OC(C)(C)C)c3cccs3)[C@@H]2S1. The Morgan fingerprint density at radius 2 is 2.03 bits per heavy atom. The molecule has 11 heteroatoms. The first-order valence-electron chi connectivity index (χ1n) is 9.72. The van der Waals surface area contributed by atoms with E-state index in [0.29, 0.717) is 0 Å². The zero-order valence-electron chi connectivity index (χ0n) is 17.6. The summed E-state index contributed by atoms with van der Waals surface area (Å²) in [6, 6.07) is 2.19. The van der Waals surface area contributed by atoms with Gasteiger partial charge in [0.15, 0.2) is 0 Å². The number of fused-ring (bicyclic) bond motifs is 1. The summed E-state index contributed by atoms with van der Waals surface area (Å²) in [7, 11) is 0. The van der Waals surface area contributed by atoms with E-state index >= 15 is 0 Å². The molecule has 2 aliphatic heterocycles. The van der Waals surface area contributed by atoms with Crippen molar-refractivity contribution in [1.29, 1.82) is 0 Å². The maximum atomic E-state index is 12.7. The van der Waals surface area contributed by atoms with Gasteiger partial charge < -0.3 is 20.5 Å². The van der Waals surface area contributed by atoms with Gasteiger partial charge in [-0.15, -0.1) is 23.1 Å². The van der Waals surface area contributed by atoms with Crippen LogP contribution in [-0.4, -0.2) is 56.2 Å². The van der Waals surface area contributed by atoms with E-state index in [1.165, 1.54) is 34.1 Å². The molecule has 0 aromatic carbocycles. The third-order valence-electron chi connectivity index (χ3n) is 4.55. The van der Waals surface area contributed by atoms with E-state index in [2.05, 4.69) is 10.6 Å². The molecule has 0 aliphatic carbocycles. The fraction of sp³-hybridized carbons (Fsp3) is 0.500. The van der Waals surface area contributed by atoms with Gasteiger partial charge in [0.1, 0.15) is 22.7 Å². The highest BCUT2D eigenvalue weighted by Crippen LogP contribution is 2.40. The number of carboxylic acid groups (broad SMARTS) is 1. The van der Waals surface area contributed by atoms with Crippen molar-refractivity contribution in [2.24, 2.45) is 0 Å². The van der Waals surface area contributed by atoms with Gasteiger partial charge in [-0.1, -0.05) is 6.07 Å². The molecule has 3 heterocycles. The Bertz CT molecular complexity index is 909. The largest absolute Gasteiger partial charge is 0.477 e. The Balaban J connectivity index is 1.65. The molecular formula is C20H25N3O6S2. The molecule has 0 radical (unpaired) electrons. The minimum atomic E-state index is -1.17. The lowest BCUT2D eigenvalue weighted by molar-refractivity contribution is -0.150. The first kappa shape index (κ1) is 23.1. The van der Waals surface area contributed by atoms with Crippen LogP contribution in [0.1, 0.15) is 45.0 Å². The highest BCUT2D eigenvalue weighted by molar-refractivity contribution is 8.00. The number of alkyl carbamates (subject to hydrolysis) is 1. The van der Waals surface area contributed by atoms with Crippen molar-refractivity contribution >= 4 is 47.0 Å². The van der Waals surface area contributed by atoms with Crippen LogP contribution in [0.4, 0.5) is 4.79 Å². The Morgan fingerprint density at radius 3 is 2.61 bits per heavy atom. The summed E-state index contributed by atoms with van der Waals surface area (Å²) in [5.74, 6) is -2.05. The number of nitrogens with zero attached hydrogens (tertiary/aromatic N) is 1. The molecule has 4 atom stereocenters. The molecule has 31 heavy (non-hydrogen) atoms. The van der Waals surface area contributed by atoms with Crippen molar-refractivity contribution in [1.82, 2.24) is 15.5 Å². The zero-order chi connectivity index (χ0) is 22.9. The van der Waals surface area contributed by atoms with Crippen LogP contribution in [0.5, 0.6) is 0 Å². The van der Waals surface area contributed by atoms with Crippen molar-refractivity contribution in [2.75, 3.05) is 0 Å². The second-order valence-corrected chi connectivity index (χ2v) is 10.7. The molecule has 3 N–H and O–H groups in total. The topological polar surface area (TPSA) is 125 Å². The highest BCUT2D eigenvalue weighted by Gasteiger charge is 2.53. The normalized spacial score (nSPS) is 23.7. The van der Waals surface area contributed by atoms with Crippen molar-refractivity contribution in [3.63, 3.8) is 0 Å². The van der Waals surface area contributed by atoms with Crippen LogP contribution in [0, 0.1) is 0 Å². The number of carbonyl (C=O) groups excluding carboxylic acids is 3. The number of thioether (sulfide) groups is 1. The molecule has 168 valence electrons. The lowest BCUT2D eigenvalue weighted by Gasteiger charge is -2.49. The number of thiophene rings is 1. The third kappa shape index (κ3) is 5.40. The number of hydrogen-bond donors (Lipinski definition) is 3. The quantitative estimate of drug-likeness (QED) is 0.549. The standard InChI is InChI=1S/C20H25N3O6S2/c1-10-8-12(18(26)27)23-16(25)15(17(23)31-10)22-14(24)9-11(13-6-5-7-30-13)21-19(28)29-20(2,3)4/h5-8,10-11,15,17H,9H2,1-4H3,(H,21,28)(H,22,24)(H,26,27)/t10?,11?,15?,17-/m0/s1. The van der Waals surface area contributed by atoms with Crippen LogP contribution in [-0.2, 0) is 19.1 Å². The van der Waals surface area contributed by atoms with Gasteiger partial charge in [-0.25, -0.2) is 9.59 Å². The molecular weight excluding hydrogens is 442 g/mol. The summed E-state index contributed by atoms with van der Waals surface area (Å²) < 4.78 is 5.29. The number of hydrogen-bond acceptors (Lipinski definition) is 7. The fourth-order valence-electron chi connectivity index (χ4n) is 3.31. The average Bonchev–Trinajstić information content (AvgIpc) is 3.18. The molecule has 3 unspecified atom stereocenters. The molecule has 9 nitrogen and oxygen atoms in total. The van der Waals surface area contributed by atoms with E-state index in [1.54, 1.807) is 26.8 Å². The van der Waals surface area contributed by atoms with E-state index in [4.69, 9.17) is 4.74 Å². The number of ether oxygens (including phenoxy) is 1. The number of rotatable bonds is 6. The lowest BCUT2D eigenvalue weighted by atomic mass is 10.0. The Kier molecular flexibility index (Phi) is 6.65. The number of carbonyl (C=O) groups is 4. The van der Waals surface area contributed by atoms with Gasteiger partial charge in [0, 0.05) is 10.1 Å². The molecule has 1 aromatic rings. The summed E-state index contributed by atoms with van der Waals surface area (Å²) >= 11 is 2.80. The smallest absolute Gasteiger partial charge is 0.408 e. The molecule has 3 amide bonds. The van der Waals surface area contributed by atoms with Crippen LogP contribution in [0.15, 0.2) is 29.3 Å². The number of nitrogens with one attached hydrogen (secondary N) is 2. The zero-order valence-corrected chi connectivity index (χ0v) is 19.2. The molecule has 2 aliphatic rings. The van der Waals surface area contributed by atoms with Crippen molar-refractivity contribution in [2.45, 2.75) is 62.4 Å². The maximum Gasteiger partial charge on any atom is 0.408 e. The van der Waals surface area contributed by atoms with Crippen molar-refractivity contribution in [3.8, 4) is 0 Å². The molecule has 1 fully saturated rings. The molecule has 3 rings (SSSR count). The average molecular weight is 468 g/mol. The predicted octanol–water partition coefficient (Wildman–Crippen LogP) is 2.46. The second-order valence-electron chi connectivity index (χ2n) is 8.26. The summed E-state index contributed by atoms with van der Waals surface area (Å²) in [6.07, 6.45) is 0.798. The molecule has 0 saturated carbocycles. The first-order valence-corrected chi connectivity index (χ1v) is 11.5. The Morgan fingerprint density at radius 1 is 1.32 bits per heavy atom. The summed E-state index contributed by atoms with van der Waals surface area (Å²) in [5.41, 5.74) is -0.742. The molecule has 0 spiro atoms. The van der Waals surface area contributed by atoms with Crippen molar-refractivity contribution < 1.29 is 29.0 Å². The lowest BCUT2D eigenvalue weighted by Crippen LogP contribution is -2.70. The summed E-state index contributed by atoms with van der Waals surface area (Å²) in [6.45, 7) is 7.08. The second kappa shape index (κ2) is 8.91. The molecule has 0 bridgehead atoms. The Labute approximate surface area is 188 Å². The third-order valence-corrected chi connectivity index (χ3v) is 6.87. The van der Waals surface area contributed by atoms with E-state index in [9.17, 15) is 24.3 Å². The van der Waals surface area contributed by atoms with Gasteiger partial charge in [0.05, 0.1) is 12.5 Å². The van der Waals surface area contributed by atoms with Crippen LogP contribution in [0.2, 0.25) is 0 Å². The molecule has 1 saturated heterocycles. The summed E-state index contributed by atoms with van der Waals surface area (Å²) in [4.78, 5) is 50.9. The van der Waals surface area contributed by atoms with Crippen LogP contribution < -0.4 is 10.6 Å². The van der Waals surface area contributed by atoms with Gasteiger partial charge in [0.25, 0.3) is 5.91 Å². The van der Waals surface area contributed by atoms with E-state index in [0.717, 1.165) is 4.88 Å². The van der Waals surface area contributed by atoms with Gasteiger partial charge in [-0.2, -0.15) is 0 Å². The van der Waals surface area contributed by atoms with Gasteiger partial charge in [-0.05, 0) is 45.2 Å². The van der Waals surface area contributed by atoms with E-state index < -0.39 is 46.9 Å². The van der Waals surface area contributed by atoms with Crippen LogP contribution in [0.3, 0.4) is 0 Å². The minimum Gasteiger partial charge on any atom is -0.477 e. The van der Waals surface area contributed by atoms with Crippen LogP contribution in [0.25, 0.3) is 0 Å². The van der Waals surface area contributed by atoms with E-state index in [1.807, 2.05) is 18.4 Å². The summed E-state index contributed by atoms with van der Waals surface area (Å²) in [5, 5.41) is 16.0. The maximum absolute atomic E-state index is 12.7. The number of aliphatic carboxylic acids is 1. The van der Waals surface area contributed by atoms with Gasteiger partial charge in [0.2, 0.25) is 5.91 Å². The van der Waals surface area contributed by atoms with Crippen LogP contribution >= 0.6 is 23.1 Å². The predicted molar refractivity (Wildman–Crippen MR) is 116 cm³/mol. The van der Waals surface area contributed by atoms with Gasteiger partial charge >= 0.3 is 12.1 Å². The van der Waals surface area contributed by atoms with Gasteiger partial charge in [-0.3, -0.25) is 14.5 Å².